The molecule has 0 spiro atoms. The highest BCUT2D eigenvalue weighted by Gasteiger charge is 2.14. The summed E-state index contributed by atoms with van der Waals surface area (Å²) in [6, 6.07) is 6.82. The molecular formula is C18H23N3O5. The molecule has 0 aliphatic heterocycles. The van der Waals surface area contributed by atoms with Gasteiger partial charge in [0.2, 0.25) is 5.75 Å². The van der Waals surface area contributed by atoms with Crippen molar-refractivity contribution in [2.75, 3.05) is 46.9 Å². The molecule has 8 nitrogen and oxygen atoms in total. The van der Waals surface area contributed by atoms with E-state index >= 15 is 0 Å². The number of hydrogen-bond donors (Lipinski definition) is 2. The van der Waals surface area contributed by atoms with Crippen LogP contribution in [0.2, 0.25) is 0 Å². The fourth-order valence-corrected chi connectivity index (χ4v) is 2.31. The lowest BCUT2D eigenvalue weighted by Crippen LogP contribution is -2.26. The maximum Gasteiger partial charge on any atom is 0.251 e. The number of carbonyl (C=O) groups excluding carboxylic acids is 1. The number of methoxy groups -OCH3 is 4. The summed E-state index contributed by atoms with van der Waals surface area (Å²) < 4.78 is 20.9. The molecule has 8 heteroatoms. The van der Waals surface area contributed by atoms with Crippen LogP contribution in [0.3, 0.4) is 0 Å². The molecule has 1 aromatic heterocycles. The quantitative estimate of drug-likeness (QED) is 0.662. The molecule has 0 atom stereocenters. The number of carbonyl (C=O) groups is 1. The summed E-state index contributed by atoms with van der Waals surface area (Å²) in [6.45, 7) is 0.890. The number of rotatable bonds is 9. The average Bonchev–Trinajstić information content (AvgIpc) is 2.67. The monoisotopic (exact) mass is 361 g/mol. The van der Waals surface area contributed by atoms with Gasteiger partial charge in [-0.2, -0.15) is 0 Å². The summed E-state index contributed by atoms with van der Waals surface area (Å²) >= 11 is 0. The van der Waals surface area contributed by atoms with Crippen LogP contribution in [0.25, 0.3) is 0 Å². The van der Waals surface area contributed by atoms with E-state index in [9.17, 15) is 4.79 Å². The Kier molecular flexibility index (Phi) is 7.04. The van der Waals surface area contributed by atoms with Crippen LogP contribution in [-0.4, -0.2) is 52.5 Å². The van der Waals surface area contributed by atoms with Crippen molar-refractivity contribution in [3.63, 3.8) is 0 Å². The molecule has 1 aromatic carbocycles. The lowest BCUT2D eigenvalue weighted by Gasteiger charge is -2.15. The van der Waals surface area contributed by atoms with Gasteiger partial charge in [0.15, 0.2) is 11.5 Å². The van der Waals surface area contributed by atoms with Gasteiger partial charge in [0.1, 0.15) is 5.82 Å². The number of benzene rings is 1. The third-order valence-electron chi connectivity index (χ3n) is 3.55. The fraction of sp³-hybridized carbons (Fsp3) is 0.333. The molecule has 0 aliphatic carbocycles. The molecule has 0 bridgehead atoms. The van der Waals surface area contributed by atoms with Crippen LogP contribution < -0.4 is 24.8 Å². The summed E-state index contributed by atoms with van der Waals surface area (Å²) in [5.41, 5.74) is 1.18. The van der Waals surface area contributed by atoms with Gasteiger partial charge >= 0.3 is 0 Å². The first-order valence-corrected chi connectivity index (χ1v) is 7.93. The normalized spacial score (nSPS) is 10.2. The SMILES string of the molecule is COCCNC(=O)c1ccnc(Nc2cc(OC)c(OC)c(OC)c2)c1. The molecule has 0 radical (unpaired) electrons. The van der Waals surface area contributed by atoms with Crippen molar-refractivity contribution >= 4 is 17.4 Å². The van der Waals surface area contributed by atoms with E-state index in [-0.39, 0.29) is 5.91 Å². The van der Waals surface area contributed by atoms with E-state index in [2.05, 4.69) is 15.6 Å². The number of amides is 1. The van der Waals surface area contributed by atoms with Crippen LogP contribution >= 0.6 is 0 Å². The zero-order valence-electron chi connectivity index (χ0n) is 15.3. The van der Waals surface area contributed by atoms with Gasteiger partial charge in [-0.1, -0.05) is 0 Å². The Morgan fingerprint density at radius 2 is 1.73 bits per heavy atom. The topological polar surface area (TPSA) is 90.9 Å². The third-order valence-corrected chi connectivity index (χ3v) is 3.55. The van der Waals surface area contributed by atoms with Crippen molar-refractivity contribution in [1.29, 1.82) is 0 Å². The van der Waals surface area contributed by atoms with Crippen LogP contribution in [0.5, 0.6) is 17.2 Å². The molecule has 0 fully saturated rings. The number of aromatic nitrogens is 1. The highest BCUT2D eigenvalue weighted by Crippen LogP contribution is 2.40. The number of ether oxygens (including phenoxy) is 4. The van der Waals surface area contributed by atoms with Gasteiger partial charge in [-0.05, 0) is 12.1 Å². The van der Waals surface area contributed by atoms with Crippen molar-refractivity contribution in [2.45, 2.75) is 0 Å². The molecule has 26 heavy (non-hydrogen) atoms. The van der Waals surface area contributed by atoms with Crippen LogP contribution in [0, 0.1) is 0 Å². The molecule has 0 saturated heterocycles. The van der Waals surface area contributed by atoms with Crippen molar-refractivity contribution in [2.24, 2.45) is 0 Å². The van der Waals surface area contributed by atoms with Crippen LogP contribution in [-0.2, 0) is 4.74 Å². The number of pyridine rings is 1. The van der Waals surface area contributed by atoms with Crippen molar-refractivity contribution in [3.8, 4) is 17.2 Å². The van der Waals surface area contributed by atoms with Gasteiger partial charge in [0.25, 0.3) is 5.91 Å². The second-order valence-electron chi connectivity index (χ2n) is 5.22. The predicted octanol–water partition coefficient (Wildman–Crippen LogP) is 2.23. The Morgan fingerprint density at radius 1 is 1.04 bits per heavy atom. The van der Waals surface area contributed by atoms with Gasteiger partial charge in [0.05, 0.1) is 27.9 Å². The molecule has 1 amide bonds. The van der Waals surface area contributed by atoms with E-state index in [1.807, 2.05) is 0 Å². The molecule has 2 rings (SSSR count). The molecule has 140 valence electrons. The smallest absolute Gasteiger partial charge is 0.251 e. The molecule has 2 N–H and O–H groups in total. The number of hydrogen-bond acceptors (Lipinski definition) is 7. The van der Waals surface area contributed by atoms with E-state index < -0.39 is 0 Å². The Labute approximate surface area is 152 Å². The third kappa shape index (κ3) is 4.76. The van der Waals surface area contributed by atoms with Gasteiger partial charge < -0.3 is 29.6 Å². The molecule has 2 aromatic rings. The molecule has 0 aliphatic rings. The summed E-state index contributed by atoms with van der Waals surface area (Å²) in [7, 11) is 6.22. The van der Waals surface area contributed by atoms with E-state index in [0.717, 1.165) is 0 Å². The summed E-state index contributed by atoms with van der Waals surface area (Å²) in [5.74, 6) is 1.85. The molecular weight excluding hydrogens is 338 g/mol. The highest BCUT2D eigenvalue weighted by atomic mass is 16.5. The maximum atomic E-state index is 12.1. The zero-order valence-corrected chi connectivity index (χ0v) is 15.3. The highest BCUT2D eigenvalue weighted by molar-refractivity contribution is 5.94. The maximum absolute atomic E-state index is 12.1. The Morgan fingerprint density at radius 3 is 2.31 bits per heavy atom. The predicted molar refractivity (Wildman–Crippen MR) is 97.8 cm³/mol. The van der Waals surface area contributed by atoms with E-state index in [4.69, 9.17) is 18.9 Å². The van der Waals surface area contributed by atoms with E-state index in [1.165, 1.54) is 0 Å². The zero-order chi connectivity index (χ0) is 18.9. The van der Waals surface area contributed by atoms with Crippen LogP contribution in [0.15, 0.2) is 30.5 Å². The minimum absolute atomic E-state index is 0.197. The van der Waals surface area contributed by atoms with E-state index in [0.29, 0.717) is 47.5 Å². The van der Waals surface area contributed by atoms with Crippen molar-refractivity contribution < 1.29 is 23.7 Å². The van der Waals surface area contributed by atoms with Crippen LogP contribution in [0.1, 0.15) is 10.4 Å². The minimum Gasteiger partial charge on any atom is -0.493 e. The second kappa shape index (κ2) is 9.47. The van der Waals surface area contributed by atoms with Gasteiger partial charge in [-0.15, -0.1) is 0 Å². The number of nitrogens with one attached hydrogen (secondary N) is 2. The fourth-order valence-electron chi connectivity index (χ4n) is 2.31. The van der Waals surface area contributed by atoms with E-state index in [1.54, 1.807) is 58.9 Å². The molecule has 1 heterocycles. The second-order valence-corrected chi connectivity index (χ2v) is 5.22. The molecule has 0 saturated carbocycles. The van der Waals surface area contributed by atoms with Gasteiger partial charge in [-0.25, -0.2) is 4.98 Å². The number of nitrogens with zero attached hydrogens (tertiary/aromatic N) is 1. The minimum atomic E-state index is -0.197. The first-order chi connectivity index (χ1) is 12.6. The first kappa shape index (κ1) is 19.3. The lowest BCUT2D eigenvalue weighted by atomic mass is 10.2. The Hall–Kier alpha value is -3.00. The summed E-state index contributed by atoms with van der Waals surface area (Å²) in [5, 5.41) is 5.90. The standard InChI is InChI=1S/C18H23N3O5/c1-23-8-7-20-18(22)12-5-6-19-16(9-12)21-13-10-14(24-2)17(26-4)15(11-13)25-3/h5-6,9-11H,7-8H2,1-4H3,(H,19,21)(H,20,22). The number of anilines is 2. The molecule has 0 unspecified atom stereocenters. The van der Waals surface area contributed by atoms with Gasteiger partial charge in [0, 0.05) is 43.2 Å². The Bertz CT molecular complexity index is 726. The van der Waals surface area contributed by atoms with Gasteiger partial charge in [-0.3, -0.25) is 4.79 Å². The lowest BCUT2D eigenvalue weighted by molar-refractivity contribution is 0.0937. The summed E-state index contributed by atoms with van der Waals surface area (Å²) in [4.78, 5) is 16.4. The Balaban J connectivity index is 2.21. The largest absolute Gasteiger partial charge is 0.493 e. The van der Waals surface area contributed by atoms with Crippen molar-refractivity contribution in [1.82, 2.24) is 10.3 Å². The first-order valence-electron chi connectivity index (χ1n) is 7.93. The van der Waals surface area contributed by atoms with Crippen LogP contribution in [0.4, 0.5) is 11.5 Å². The summed E-state index contributed by atoms with van der Waals surface area (Å²) in [6.07, 6.45) is 1.56. The average molecular weight is 361 g/mol. The van der Waals surface area contributed by atoms with Crippen molar-refractivity contribution in [3.05, 3.63) is 36.0 Å².